The van der Waals surface area contributed by atoms with Gasteiger partial charge in [0.15, 0.2) is 0 Å². The Bertz CT molecular complexity index is 624. The number of nitrogens with one attached hydrogen (secondary N) is 1. The van der Waals surface area contributed by atoms with E-state index in [4.69, 9.17) is 4.74 Å². The van der Waals surface area contributed by atoms with Crippen LogP contribution in [0, 0.1) is 5.41 Å². The molecule has 1 aliphatic carbocycles. The number of hydrogen-bond acceptors (Lipinski definition) is 4. The molecule has 2 fully saturated rings. The maximum Gasteiger partial charge on any atom is 0.310 e. The normalized spacial score (nSPS) is 19.8. The standard InChI is InChI=1S/C19H25NO4S/c21-17(12-19(18(22)23)7-2-8-19)20-15-4-1-3-14(11-15)13-25-16-5-9-24-10-6-16/h1,3-4,11,16H,2,5-10,12-13H2,(H,20,21)(H,22,23). The minimum atomic E-state index is -0.851. The molecule has 5 nitrogen and oxygen atoms in total. The van der Waals surface area contributed by atoms with Crippen molar-refractivity contribution in [1.82, 2.24) is 0 Å². The summed E-state index contributed by atoms with van der Waals surface area (Å²) in [6.07, 6.45) is 4.33. The van der Waals surface area contributed by atoms with Gasteiger partial charge in [-0.25, -0.2) is 0 Å². The number of hydrogen-bond donors (Lipinski definition) is 2. The lowest BCUT2D eigenvalue weighted by Crippen LogP contribution is -2.41. The highest BCUT2D eigenvalue weighted by molar-refractivity contribution is 7.99. The number of rotatable bonds is 7. The summed E-state index contributed by atoms with van der Waals surface area (Å²) in [5, 5.41) is 12.9. The third-order valence-electron chi connectivity index (χ3n) is 5.13. The van der Waals surface area contributed by atoms with E-state index in [2.05, 4.69) is 11.4 Å². The van der Waals surface area contributed by atoms with Gasteiger partial charge in [-0.05, 0) is 43.4 Å². The maximum absolute atomic E-state index is 12.2. The molecule has 0 atom stereocenters. The van der Waals surface area contributed by atoms with Crippen LogP contribution >= 0.6 is 11.8 Å². The Morgan fingerprint density at radius 2 is 2.04 bits per heavy atom. The number of thioether (sulfide) groups is 1. The van der Waals surface area contributed by atoms with Crippen LogP contribution in [0.15, 0.2) is 24.3 Å². The van der Waals surface area contributed by atoms with E-state index in [9.17, 15) is 14.7 Å². The monoisotopic (exact) mass is 363 g/mol. The Hall–Kier alpha value is -1.53. The van der Waals surface area contributed by atoms with Crippen LogP contribution in [0.4, 0.5) is 5.69 Å². The fourth-order valence-corrected chi connectivity index (χ4v) is 4.51. The average molecular weight is 363 g/mol. The highest BCUT2D eigenvalue weighted by Gasteiger charge is 2.45. The van der Waals surface area contributed by atoms with Gasteiger partial charge >= 0.3 is 5.97 Å². The second kappa shape index (κ2) is 8.23. The van der Waals surface area contributed by atoms with Gasteiger partial charge in [0, 0.05) is 36.3 Å². The van der Waals surface area contributed by atoms with Crippen molar-refractivity contribution in [3.05, 3.63) is 29.8 Å². The lowest BCUT2D eigenvalue weighted by atomic mass is 9.66. The van der Waals surface area contributed by atoms with Crippen LogP contribution in [-0.4, -0.2) is 35.4 Å². The quantitative estimate of drug-likeness (QED) is 0.773. The molecule has 0 aromatic heterocycles. The number of benzene rings is 1. The van der Waals surface area contributed by atoms with E-state index in [1.807, 2.05) is 30.0 Å². The first-order chi connectivity index (χ1) is 12.1. The third kappa shape index (κ3) is 4.76. The Morgan fingerprint density at radius 1 is 1.28 bits per heavy atom. The third-order valence-corrected chi connectivity index (χ3v) is 6.57. The zero-order valence-electron chi connectivity index (χ0n) is 14.3. The largest absolute Gasteiger partial charge is 0.481 e. The van der Waals surface area contributed by atoms with E-state index < -0.39 is 11.4 Å². The molecule has 1 saturated heterocycles. The molecule has 1 heterocycles. The molecule has 6 heteroatoms. The molecule has 1 aromatic rings. The zero-order chi connectivity index (χ0) is 17.7. The number of ether oxygens (including phenoxy) is 1. The lowest BCUT2D eigenvalue weighted by molar-refractivity contribution is -0.157. The maximum atomic E-state index is 12.2. The summed E-state index contributed by atoms with van der Waals surface area (Å²) < 4.78 is 5.38. The minimum Gasteiger partial charge on any atom is -0.481 e. The Balaban J connectivity index is 1.52. The van der Waals surface area contributed by atoms with Crippen LogP contribution in [0.3, 0.4) is 0 Å². The topological polar surface area (TPSA) is 75.6 Å². The van der Waals surface area contributed by atoms with Gasteiger partial charge in [-0.15, -0.1) is 0 Å². The summed E-state index contributed by atoms with van der Waals surface area (Å²) in [7, 11) is 0. The fourth-order valence-electron chi connectivity index (χ4n) is 3.38. The van der Waals surface area contributed by atoms with Crippen molar-refractivity contribution in [3.63, 3.8) is 0 Å². The molecule has 0 unspecified atom stereocenters. The molecule has 1 saturated carbocycles. The predicted molar refractivity (Wildman–Crippen MR) is 98.7 cm³/mol. The van der Waals surface area contributed by atoms with E-state index in [0.29, 0.717) is 18.1 Å². The summed E-state index contributed by atoms with van der Waals surface area (Å²) in [4.78, 5) is 23.6. The van der Waals surface area contributed by atoms with Crippen LogP contribution in [0.2, 0.25) is 0 Å². The van der Waals surface area contributed by atoms with Crippen molar-refractivity contribution >= 4 is 29.3 Å². The zero-order valence-corrected chi connectivity index (χ0v) is 15.1. The number of carbonyl (C=O) groups is 2. The van der Waals surface area contributed by atoms with E-state index >= 15 is 0 Å². The second-order valence-electron chi connectivity index (χ2n) is 6.99. The molecule has 136 valence electrons. The number of aliphatic carboxylic acids is 1. The van der Waals surface area contributed by atoms with E-state index in [1.54, 1.807) is 0 Å². The Kier molecular flexibility index (Phi) is 6.02. The number of carboxylic acids is 1. The smallest absolute Gasteiger partial charge is 0.310 e. The van der Waals surface area contributed by atoms with Crippen LogP contribution in [0.1, 0.15) is 44.1 Å². The van der Waals surface area contributed by atoms with Gasteiger partial charge in [0.2, 0.25) is 5.91 Å². The molecule has 1 aromatic carbocycles. The van der Waals surface area contributed by atoms with Gasteiger partial charge in [0.05, 0.1) is 5.41 Å². The van der Waals surface area contributed by atoms with Crippen LogP contribution in [0.25, 0.3) is 0 Å². The number of amides is 1. The van der Waals surface area contributed by atoms with Gasteiger partial charge in [-0.3, -0.25) is 9.59 Å². The van der Waals surface area contributed by atoms with Crippen molar-refractivity contribution in [2.24, 2.45) is 5.41 Å². The Labute approximate surface area is 152 Å². The van der Waals surface area contributed by atoms with Gasteiger partial charge in [-0.1, -0.05) is 18.6 Å². The molecule has 2 N–H and O–H groups in total. The first-order valence-corrected chi connectivity index (χ1v) is 9.94. The van der Waals surface area contributed by atoms with Crippen molar-refractivity contribution in [3.8, 4) is 0 Å². The van der Waals surface area contributed by atoms with Crippen LogP contribution in [0.5, 0.6) is 0 Å². The Morgan fingerprint density at radius 3 is 2.68 bits per heavy atom. The first-order valence-electron chi connectivity index (χ1n) is 8.89. The van der Waals surface area contributed by atoms with E-state index in [0.717, 1.165) is 43.9 Å². The number of carboxylic acid groups (broad SMARTS) is 1. The average Bonchev–Trinajstić information content (AvgIpc) is 2.57. The number of carbonyl (C=O) groups excluding carboxylic acids is 1. The molecule has 0 spiro atoms. The molecular weight excluding hydrogens is 338 g/mol. The van der Waals surface area contributed by atoms with Gasteiger partial charge < -0.3 is 15.2 Å². The summed E-state index contributed by atoms with van der Waals surface area (Å²) in [5.41, 5.74) is 1.07. The van der Waals surface area contributed by atoms with E-state index in [-0.39, 0.29) is 12.3 Å². The molecule has 1 amide bonds. The van der Waals surface area contributed by atoms with Crippen LogP contribution < -0.4 is 5.32 Å². The lowest BCUT2D eigenvalue weighted by Gasteiger charge is -2.36. The van der Waals surface area contributed by atoms with Crippen molar-refractivity contribution in [2.75, 3.05) is 18.5 Å². The molecular formula is C19H25NO4S. The highest BCUT2D eigenvalue weighted by Crippen LogP contribution is 2.44. The first kappa shape index (κ1) is 18.3. The second-order valence-corrected chi connectivity index (χ2v) is 8.28. The summed E-state index contributed by atoms with van der Waals surface area (Å²) in [6, 6.07) is 7.84. The van der Waals surface area contributed by atoms with Crippen molar-refractivity contribution < 1.29 is 19.4 Å². The molecule has 25 heavy (non-hydrogen) atoms. The van der Waals surface area contributed by atoms with E-state index in [1.165, 1.54) is 5.56 Å². The minimum absolute atomic E-state index is 0.0589. The number of anilines is 1. The molecule has 0 bridgehead atoms. The molecule has 1 aliphatic heterocycles. The fraction of sp³-hybridized carbons (Fsp3) is 0.579. The van der Waals surface area contributed by atoms with Crippen LogP contribution in [-0.2, 0) is 20.1 Å². The summed E-state index contributed by atoms with van der Waals surface area (Å²) >= 11 is 1.93. The van der Waals surface area contributed by atoms with Gasteiger partial charge in [0.25, 0.3) is 0 Å². The predicted octanol–water partition coefficient (Wildman–Crippen LogP) is 3.68. The molecule has 0 radical (unpaired) electrons. The summed E-state index contributed by atoms with van der Waals surface area (Å²) in [5.74, 6) is -0.153. The highest BCUT2D eigenvalue weighted by atomic mass is 32.2. The molecule has 2 aliphatic rings. The van der Waals surface area contributed by atoms with Gasteiger partial charge in [-0.2, -0.15) is 11.8 Å². The van der Waals surface area contributed by atoms with Crippen molar-refractivity contribution in [2.45, 2.75) is 49.5 Å². The molecule has 3 rings (SSSR count). The van der Waals surface area contributed by atoms with Gasteiger partial charge in [0.1, 0.15) is 0 Å². The SMILES string of the molecule is O=C(CC1(C(=O)O)CCC1)Nc1cccc(CSC2CCOCC2)c1. The van der Waals surface area contributed by atoms with Crippen molar-refractivity contribution in [1.29, 1.82) is 0 Å². The summed E-state index contributed by atoms with van der Waals surface area (Å²) in [6.45, 7) is 1.69.